The predicted octanol–water partition coefficient (Wildman–Crippen LogP) is 18.9. The van der Waals surface area contributed by atoms with Crippen LogP contribution in [0.2, 0.25) is 0 Å². The van der Waals surface area contributed by atoms with E-state index in [1.807, 2.05) is 86.6 Å². The van der Waals surface area contributed by atoms with E-state index >= 15 is 0 Å². The Balaban J connectivity index is -0.0000000497. The van der Waals surface area contributed by atoms with Gasteiger partial charge in [-0.2, -0.15) is 0 Å². The van der Waals surface area contributed by atoms with Crippen LogP contribution in [0.15, 0.2) is 139 Å². The zero-order valence-electron chi connectivity index (χ0n) is 44.2. The van der Waals surface area contributed by atoms with E-state index in [2.05, 4.69) is 90.1 Å². The van der Waals surface area contributed by atoms with Gasteiger partial charge in [0.25, 0.3) is 0 Å². The average Bonchev–Trinajstić information content (AvgIpc) is 3.91. The first-order chi connectivity index (χ1) is 25.0. The summed E-state index contributed by atoms with van der Waals surface area (Å²) in [7, 11) is 0. The summed E-state index contributed by atoms with van der Waals surface area (Å²) in [6.45, 7) is 16.8. The third-order valence-corrected chi connectivity index (χ3v) is 7.75. The molecule has 4 aromatic heterocycles. The standard InChI is InChI=1S/2C18H10O2.3C3H8.C2H6.6CH3.12Y/c2*1-3-7-15-11(5-1)13-9-18-14(10-17(13)19-15)12-6-2-4-8-16(12)20-18;3*1-3-2;1-2;;;;;;;;;;;;;;;;;;/h2*1-10H;3*3H2,1-2H3;1-2H3;6*1H3;;;;;;;;;;;;/q;;;;;;6*-1;;;;;;;;;;;;. The normalized spacial score (nSPS) is 7.83. The zero-order chi connectivity index (χ0) is 36.3. The molecule has 69 heavy (non-hydrogen) atoms. The number of hydrogen-bond donors (Lipinski definition) is 0. The quantitative estimate of drug-likeness (QED) is 0.142. The molecule has 0 saturated heterocycles. The van der Waals surface area contributed by atoms with Crippen LogP contribution in [0, 0.1) is 44.6 Å². The molecule has 4 nitrogen and oxygen atoms in total. The Hall–Kier alpha value is 7.77. The fourth-order valence-electron chi connectivity index (χ4n) is 5.89. The summed E-state index contributed by atoms with van der Waals surface area (Å²) in [6, 6.07) is 40.7. The molecule has 10 rings (SSSR count). The Morgan fingerprint density at radius 2 is 0.362 bits per heavy atom. The molecule has 12 radical (unpaired) electrons. The van der Waals surface area contributed by atoms with Crippen molar-refractivity contribution < 1.29 is 410 Å². The maximum atomic E-state index is 5.94. The minimum Gasteiger partial charge on any atom is -0.456 e. The van der Waals surface area contributed by atoms with Crippen molar-refractivity contribution in [3.63, 3.8) is 0 Å². The van der Waals surface area contributed by atoms with Crippen molar-refractivity contribution in [2.45, 2.75) is 74.7 Å². The summed E-state index contributed by atoms with van der Waals surface area (Å²) in [6.07, 6.45) is 3.75. The van der Waals surface area contributed by atoms with E-state index < -0.39 is 0 Å². The van der Waals surface area contributed by atoms with E-state index in [0.29, 0.717) is 0 Å². The Morgan fingerprint density at radius 3 is 0.507 bits per heavy atom. The van der Waals surface area contributed by atoms with Gasteiger partial charge in [0.05, 0.1) is 0 Å². The van der Waals surface area contributed by atoms with E-state index in [4.69, 9.17) is 17.7 Å². The first-order valence-electron chi connectivity index (χ1n) is 18.5. The summed E-state index contributed by atoms with van der Waals surface area (Å²) in [5, 5.41) is 8.93. The van der Waals surface area contributed by atoms with Crippen LogP contribution in [0.4, 0.5) is 0 Å². The third kappa shape index (κ3) is 30.8. The van der Waals surface area contributed by atoms with Crippen LogP contribution < -0.4 is 0 Å². The number of fused-ring (bicyclic) bond motifs is 12. The van der Waals surface area contributed by atoms with Crippen molar-refractivity contribution >= 4 is 87.8 Å². The van der Waals surface area contributed by atoms with E-state index in [-0.39, 0.29) is 437 Å². The largest absolute Gasteiger partial charge is 0.456 e. The monoisotopic (exact) mass is 1840 g/mol. The fourth-order valence-corrected chi connectivity index (χ4v) is 5.89. The molecule has 0 aliphatic carbocycles. The SMILES string of the molecule is CC.CCC.CCC.CCC.[CH3-].[CH3-].[CH3-].[CH3-].[CH3-].[CH3-].[Y].[Y].[Y].[Y].[Y].[Y].[Y].[Y].[Y].[Y].[Y].[Y].c1ccc2c(c1)oc1cc3c(cc12)oc1ccccc13.c1ccc2c(c1)oc1cc3c(cc12)oc1ccccc13. The maximum absolute atomic E-state index is 5.94. The second-order valence-electron chi connectivity index (χ2n) is 12.2. The molecule has 0 amide bonds. The van der Waals surface area contributed by atoms with Crippen LogP contribution >= 0.6 is 0 Å². The van der Waals surface area contributed by atoms with Crippen molar-refractivity contribution in [2.24, 2.45) is 0 Å². The van der Waals surface area contributed by atoms with Crippen LogP contribution in [0.3, 0.4) is 0 Å². The summed E-state index contributed by atoms with van der Waals surface area (Å²) >= 11 is 0. The molecule has 0 unspecified atom stereocenters. The molecule has 10 aromatic rings. The van der Waals surface area contributed by atoms with Gasteiger partial charge in [-0.05, 0) is 48.5 Å². The summed E-state index contributed by atoms with van der Waals surface area (Å²) in [5.41, 5.74) is 7.30. The van der Waals surface area contributed by atoms with Crippen LogP contribution in [0.25, 0.3) is 87.8 Å². The van der Waals surface area contributed by atoms with Gasteiger partial charge in [-0.1, -0.05) is 147 Å². The second-order valence-corrected chi connectivity index (χ2v) is 12.2. The van der Waals surface area contributed by atoms with E-state index in [0.717, 1.165) is 87.8 Å². The third-order valence-electron chi connectivity index (χ3n) is 7.75. The number of furan rings is 4. The van der Waals surface area contributed by atoms with Gasteiger partial charge in [0.15, 0.2) is 0 Å². The average molecular weight is 1840 g/mol. The Labute approximate surface area is 721 Å². The van der Waals surface area contributed by atoms with Crippen molar-refractivity contribution in [1.29, 1.82) is 0 Å². The fraction of sp³-hybridized carbons (Fsp3) is 0.208. The smallest absolute Gasteiger partial charge is 0.136 e. The molecule has 346 valence electrons. The first-order valence-corrected chi connectivity index (χ1v) is 18.5. The minimum absolute atomic E-state index is 0. The van der Waals surface area contributed by atoms with Crippen LogP contribution in [0.1, 0.15) is 74.7 Å². The van der Waals surface area contributed by atoms with Crippen molar-refractivity contribution in [1.82, 2.24) is 0 Å². The van der Waals surface area contributed by atoms with Gasteiger partial charge in [0.2, 0.25) is 0 Å². The number of hydrogen-bond acceptors (Lipinski definition) is 4. The van der Waals surface area contributed by atoms with E-state index in [1.54, 1.807) is 0 Å². The molecule has 0 saturated carbocycles. The maximum Gasteiger partial charge on any atom is 0.136 e. The first kappa shape index (κ1) is 112. The van der Waals surface area contributed by atoms with Gasteiger partial charge in [0, 0.05) is 436 Å². The van der Waals surface area contributed by atoms with Gasteiger partial charge >= 0.3 is 0 Å². The van der Waals surface area contributed by atoms with Crippen LogP contribution in [0.5, 0.6) is 0 Å². The number of rotatable bonds is 0. The Bertz CT molecular complexity index is 2290. The Kier molecular flexibility index (Phi) is 100. The molecule has 0 aliphatic rings. The van der Waals surface area contributed by atoms with Gasteiger partial charge in [-0.15, -0.1) is 0 Å². The molecule has 0 bridgehead atoms. The van der Waals surface area contributed by atoms with Crippen molar-refractivity contribution in [3.8, 4) is 0 Å². The second kappa shape index (κ2) is 61.8. The van der Waals surface area contributed by atoms with Crippen molar-refractivity contribution in [3.05, 3.63) is 166 Å². The molecule has 0 atom stereocenters. The van der Waals surface area contributed by atoms with E-state index in [1.165, 1.54) is 19.3 Å². The summed E-state index contributed by atoms with van der Waals surface area (Å²) < 4.78 is 23.7. The predicted molar refractivity (Wildman–Crippen MR) is 260 cm³/mol. The molecular formula is C53H68O4Y12-6. The topological polar surface area (TPSA) is 52.6 Å². The molecule has 0 aliphatic heterocycles. The Morgan fingerprint density at radius 1 is 0.232 bits per heavy atom. The molecule has 0 fully saturated rings. The molecule has 0 N–H and O–H groups in total. The zero-order valence-corrected chi connectivity index (χ0v) is 78.3. The van der Waals surface area contributed by atoms with Gasteiger partial charge in [-0.3, -0.25) is 0 Å². The summed E-state index contributed by atoms with van der Waals surface area (Å²) in [5.74, 6) is 0. The van der Waals surface area contributed by atoms with Gasteiger partial charge < -0.3 is 62.2 Å². The van der Waals surface area contributed by atoms with Crippen molar-refractivity contribution in [2.75, 3.05) is 0 Å². The molecule has 0 spiro atoms. The molecule has 16 heteroatoms. The minimum atomic E-state index is 0. The molecule has 4 heterocycles. The van der Waals surface area contributed by atoms with Gasteiger partial charge in [-0.25, -0.2) is 0 Å². The number of para-hydroxylation sites is 4. The van der Waals surface area contributed by atoms with Crippen LogP contribution in [-0.4, -0.2) is 0 Å². The molecular weight excluding hydrogens is 1770 g/mol. The van der Waals surface area contributed by atoms with E-state index in [9.17, 15) is 0 Å². The number of benzene rings is 6. The van der Waals surface area contributed by atoms with Gasteiger partial charge in [0.1, 0.15) is 44.7 Å². The van der Waals surface area contributed by atoms with Crippen LogP contribution in [-0.2, 0) is 393 Å². The molecule has 6 aromatic carbocycles. The summed E-state index contributed by atoms with van der Waals surface area (Å²) in [4.78, 5) is 0.